The highest BCUT2D eigenvalue weighted by Gasteiger charge is 2.15. The van der Waals surface area contributed by atoms with Crippen LogP contribution in [-0.4, -0.2) is 28.5 Å². The number of rotatable bonds is 3. The van der Waals surface area contributed by atoms with Crippen LogP contribution in [0.2, 0.25) is 0 Å². The lowest BCUT2D eigenvalue weighted by atomic mass is 10.2. The zero-order valence-electron chi connectivity index (χ0n) is 14.2. The van der Waals surface area contributed by atoms with Gasteiger partial charge in [-0.05, 0) is 24.3 Å². The van der Waals surface area contributed by atoms with Gasteiger partial charge in [-0.2, -0.15) is 4.99 Å². The Bertz CT molecular complexity index is 1250. The number of ether oxygens (including phenoxy) is 1. The highest BCUT2D eigenvalue weighted by atomic mass is 32.1. The molecule has 4 rings (SSSR count). The van der Waals surface area contributed by atoms with E-state index in [4.69, 9.17) is 4.74 Å². The van der Waals surface area contributed by atoms with E-state index in [0.717, 1.165) is 22.2 Å². The molecule has 6 nitrogen and oxygen atoms in total. The van der Waals surface area contributed by atoms with Crippen molar-refractivity contribution in [3.8, 4) is 0 Å². The summed E-state index contributed by atoms with van der Waals surface area (Å²) < 4.78 is 20.4. The first-order valence-corrected chi connectivity index (χ1v) is 8.89. The number of para-hydroxylation sites is 1. The van der Waals surface area contributed by atoms with Crippen molar-refractivity contribution < 1.29 is 18.7 Å². The van der Waals surface area contributed by atoms with Crippen molar-refractivity contribution in [2.45, 2.75) is 6.54 Å². The third-order valence-corrected chi connectivity index (χ3v) is 5.22. The van der Waals surface area contributed by atoms with E-state index in [1.165, 1.54) is 19.2 Å². The molecule has 0 aliphatic rings. The zero-order valence-corrected chi connectivity index (χ0v) is 15.0. The van der Waals surface area contributed by atoms with Gasteiger partial charge in [0.05, 0.1) is 22.9 Å². The van der Waals surface area contributed by atoms with Crippen molar-refractivity contribution in [1.29, 1.82) is 0 Å². The maximum atomic E-state index is 13.6. The number of halogens is 1. The van der Waals surface area contributed by atoms with Crippen molar-refractivity contribution in [3.63, 3.8) is 0 Å². The molecule has 8 heteroatoms. The number of carbonyl (C=O) groups is 2. The van der Waals surface area contributed by atoms with E-state index in [1.54, 1.807) is 16.8 Å². The zero-order chi connectivity index (χ0) is 19.0. The first-order chi connectivity index (χ1) is 13.1. The summed E-state index contributed by atoms with van der Waals surface area (Å²) >= 11 is 1.14. The molecule has 0 spiro atoms. The van der Waals surface area contributed by atoms with Crippen LogP contribution in [0.4, 0.5) is 4.39 Å². The molecule has 1 amide bonds. The minimum atomic E-state index is -0.486. The van der Waals surface area contributed by atoms with Gasteiger partial charge in [-0.25, -0.2) is 4.39 Å². The summed E-state index contributed by atoms with van der Waals surface area (Å²) in [6, 6.07) is 11.6. The summed E-state index contributed by atoms with van der Waals surface area (Å²) in [4.78, 5) is 32.1. The van der Waals surface area contributed by atoms with Crippen molar-refractivity contribution in [2.24, 2.45) is 4.99 Å². The molecule has 0 saturated carbocycles. The molecule has 2 aromatic carbocycles. The van der Waals surface area contributed by atoms with Gasteiger partial charge in [-0.3, -0.25) is 9.59 Å². The summed E-state index contributed by atoms with van der Waals surface area (Å²) in [5.74, 6) is -1.33. The maximum absolute atomic E-state index is 13.6. The van der Waals surface area contributed by atoms with Crippen LogP contribution < -0.4 is 4.80 Å². The lowest BCUT2D eigenvalue weighted by Crippen LogP contribution is -2.22. The smallest absolute Gasteiger partial charge is 0.325 e. The summed E-state index contributed by atoms with van der Waals surface area (Å²) in [5, 5.41) is 0.762. The number of benzene rings is 2. The van der Waals surface area contributed by atoms with E-state index in [2.05, 4.69) is 9.98 Å². The van der Waals surface area contributed by atoms with E-state index >= 15 is 0 Å². The second kappa shape index (κ2) is 6.81. The highest BCUT2D eigenvalue weighted by Crippen LogP contribution is 2.20. The Morgan fingerprint density at radius 1 is 1.26 bits per heavy atom. The summed E-state index contributed by atoms with van der Waals surface area (Å²) in [6.45, 7) is -0.123. The normalized spacial score (nSPS) is 12.0. The molecule has 2 heterocycles. The number of nitrogens with zero attached hydrogens (tertiary/aromatic N) is 2. The quantitative estimate of drug-likeness (QED) is 0.552. The predicted molar refractivity (Wildman–Crippen MR) is 100.0 cm³/mol. The van der Waals surface area contributed by atoms with Crippen molar-refractivity contribution in [3.05, 3.63) is 64.8 Å². The van der Waals surface area contributed by atoms with Crippen LogP contribution in [0.3, 0.4) is 0 Å². The molecule has 0 aliphatic carbocycles. The lowest BCUT2D eigenvalue weighted by Gasteiger charge is -2.03. The molecule has 0 saturated heterocycles. The topological polar surface area (TPSA) is 76.5 Å². The minimum Gasteiger partial charge on any atom is -0.468 e. The Hall–Kier alpha value is -3.26. The number of methoxy groups -OCH3 is 1. The molecule has 1 N–H and O–H groups in total. The SMILES string of the molecule is COC(=O)Cn1c(=NC(=O)c2c[nH]c3ccccc23)sc2cc(F)ccc21. The Morgan fingerprint density at radius 2 is 2.07 bits per heavy atom. The third kappa shape index (κ3) is 3.15. The molecule has 2 aromatic heterocycles. The Kier molecular flexibility index (Phi) is 4.33. The molecule has 27 heavy (non-hydrogen) atoms. The van der Waals surface area contributed by atoms with Gasteiger partial charge in [-0.1, -0.05) is 29.5 Å². The number of hydrogen-bond acceptors (Lipinski definition) is 4. The predicted octanol–water partition coefficient (Wildman–Crippen LogP) is 3.24. The lowest BCUT2D eigenvalue weighted by molar-refractivity contribution is -0.141. The van der Waals surface area contributed by atoms with E-state index in [-0.39, 0.29) is 6.54 Å². The fraction of sp³-hybridized carbons (Fsp3) is 0.105. The summed E-state index contributed by atoms with van der Waals surface area (Å²) in [7, 11) is 1.28. The van der Waals surface area contributed by atoms with Gasteiger partial charge >= 0.3 is 5.97 Å². The molecular weight excluding hydrogens is 369 g/mol. The molecule has 0 atom stereocenters. The number of H-pyrrole nitrogens is 1. The Morgan fingerprint density at radius 3 is 2.89 bits per heavy atom. The van der Waals surface area contributed by atoms with E-state index in [9.17, 15) is 14.0 Å². The second-order valence-corrected chi connectivity index (χ2v) is 6.83. The molecule has 0 radical (unpaired) electrons. The first kappa shape index (κ1) is 17.2. The van der Waals surface area contributed by atoms with Crippen molar-refractivity contribution >= 4 is 44.3 Å². The molecule has 4 aromatic rings. The number of fused-ring (bicyclic) bond motifs is 2. The number of hydrogen-bond donors (Lipinski definition) is 1. The number of esters is 1. The first-order valence-electron chi connectivity index (χ1n) is 8.07. The van der Waals surface area contributed by atoms with Crippen LogP contribution in [-0.2, 0) is 16.1 Å². The van der Waals surface area contributed by atoms with Gasteiger partial charge in [0, 0.05) is 17.1 Å². The molecule has 0 aliphatic heterocycles. The van der Waals surface area contributed by atoms with Crippen molar-refractivity contribution in [2.75, 3.05) is 7.11 Å². The van der Waals surface area contributed by atoms with Gasteiger partial charge in [0.25, 0.3) is 5.91 Å². The van der Waals surface area contributed by atoms with Gasteiger partial charge in [0.2, 0.25) is 0 Å². The molecule has 0 fully saturated rings. The molecule has 0 bridgehead atoms. The van der Waals surface area contributed by atoms with E-state index in [0.29, 0.717) is 20.6 Å². The van der Waals surface area contributed by atoms with Crippen LogP contribution in [0.1, 0.15) is 10.4 Å². The number of thiazole rings is 1. The fourth-order valence-corrected chi connectivity index (χ4v) is 3.93. The number of aromatic nitrogens is 2. The van der Waals surface area contributed by atoms with Crippen LogP contribution >= 0.6 is 11.3 Å². The standard InChI is InChI=1S/C19H14FN3O3S/c1-26-17(24)10-23-15-7-6-11(20)8-16(15)27-19(23)22-18(25)13-9-21-14-5-3-2-4-12(13)14/h2-9,21H,10H2,1H3. The largest absolute Gasteiger partial charge is 0.468 e. The number of carbonyl (C=O) groups excluding carboxylic acids is 2. The number of aromatic amines is 1. The third-order valence-electron chi connectivity index (χ3n) is 4.18. The maximum Gasteiger partial charge on any atom is 0.325 e. The van der Waals surface area contributed by atoms with Gasteiger partial charge in [0.15, 0.2) is 4.80 Å². The Labute approximate surface area is 156 Å². The summed E-state index contributed by atoms with van der Waals surface area (Å²) in [5.41, 5.74) is 1.87. The molecular formula is C19H14FN3O3S. The van der Waals surface area contributed by atoms with Crippen LogP contribution in [0.15, 0.2) is 53.7 Å². The average molecular weight is 383 g/mol. The minimum absolute atomic E-state index is 0.123. The highest BCUT2D eigenvalue weighted by molar-refractivity contribution is 7.16. The van der Waals surface area contributed by atoms with Gasteiger partial charge < -0.3 is 14.3 Å². The van der Waals surface area contributed by atoms with E-state index < -0.39 is 17.7 Å². The van der Waals surface area contributed by atoms with E-state index in [1.807, 2.05) is 24.3 Å². The molecule has 0 unspecified atom stereocenters. The van der Waals surface area contributed by atoms with Gasteiger partial charge in [0.1, 0.15) is 12.4 Å². The van der Waals surface area contributed by atoms with Gasteiger partial charge in [-0.15, -0.1) is 0 Å². The van der Waals surface area contributed by atoms with Crippen LogP contribution in [0, 0.1) is 5.82 Å². The van der Waals surface area contributed by atoms with Crippen LogP contribution in [0.25, 0.3) is 21.1 Å². The number of amides is 1. The van der Waals surface area contributed by atoms with Crippen molar-refractivity contribution in [1.82, 2.24) is 9.55 Å². The Balaban J connectivity index is 1.87. The molecule has 136 valence electrons. The monoisotopic (exact) mass is 383 g/mol. The summed E-state index contributed by atoms with van der Waals surface area (Å²) in [6.07, 6.45) is 1.61. The second-order valence-electron chi connectivity index (χ2n) is 5.82. The fourth-order valence-electron chi connectivity index (χ4n) is 2.87. The number of nitrogens with one attached hydrogen (secondary N) is 1. The van der Waals surface area contributed by atoms with Crippen LogP contribution in [0.5, 0.6) is 0 Å². The average Bonchev–Trinajstić information content (AvgIpc) is 3.23.